The van der Waals surface area contributed by atoms with Crippen LogP contribution in [-0.4, -0.2) is 59.4 Å². The lowest BCUT2D eigenvalue weighted by Gasteiger charge is -2.39. The van der Waals surface area contributed by atoms with Crippen LogP contribution in [-0.2, 0) is 4.79 Å². The number of oxazole rings is 1. The molecule has 1 saturated heterocycles. The molecular formula is C20H23N3O4. The molecule has 2 amide bonds. The van der Waals surface area contributed by atoms with Crippen molar-refractivity contribution >= 4 is 11.8 Å². The molecule has 0 bridgehead atoms. The summed E-state index contributed by atoms with van der Waals surface area (Å²) >= 11 is 0. The fraction of sp³-hybridized carbons (Fsp3) is 0.350. The van der Waals surface area contributed by atoms with Crippen LogP contribution < -0.4 is 4.74 Å². The summed E-state index contributed by atoms with van der Waals surface area (Å²) in [6.45, 7) is 8.56. The number of amides is 2. The molecule has 0 unspecified atom stereocenters. The van der Waals surface area contributed by atoms with Crippen LogP contribution in [0.4, 0.5) is 0 Å². The second-order valence-corrected chi connectivity index (χ2v) is 6.49. The third-order valence-corrected chi connectivity index (χ3v) is 4.71. The van der Waals surface area contributed by atoms with Crippen molar-refractivity contribution in [3.63, 3.8) is 0 Å². The number of aryl methyl sites for hydroxylation is 1. The molecule has 0 N–H and O–H groups in total. The summed E-state index contributed by atoms with van der Waals surface area (Å²) in [5, 5.41) is 0. The molecule has 1 fully saturated rings. The van der Waals surface area contributed by atoms with E-state index < -0.39 is 0 Å². The van der Waals surface area contributed by atoms with E-state index >= 15 is 0 Å². The van der Waals surface area contributed by atoms with Crippen LogP contribution in [0.2, 0.25) is 0 Å². The van der Waals surface area contributed by atoms with Gasteiger partial charge in [0.05, 0.1) is 7.11 Å². The van der Waals surface area contributed by atoms with Gasteiger partial charge < -0.3 is 19.0 Å². The average Bonchev–Trinajstić information content (AvgIpc) is 3.08. The van der Waals surface area contributed by atoms with Crippen molar-refractivity contribution in [1.82, 2.24) is 14.8 Å². The number of carbonyl (C=O) groups is 2. The normalized spacial score (nSPS) is 16.9. The Bertz CT molecular complexity index is 857. The third-order valence-electron chi connectivity index (χ3n) is 4.71. The van der Waals surface area contributed by atoms with Gasteiger partial charge in [-0.2, -0.15) is 0 Å². The van der Waals surface area contributed by atoms with Crippen molar-refractivity contribution in [2.45, 2.75) is 19.9 Å². The molecule has 3 rings (SSSR count). The molecule has 0 spiro atoms. The smallest absolute Gasteiger partial charge is 0.276 e. The number of carbonyl (C=O) groups excluding carboxylic acids is 2. The van der Waals surface area contributed by atoms with Gasteiger partial charge in [-0.25, -0.2) is 4.98 Å². The molecule has 1 atom stereocenters. The number of nitrogens with zero attached hydrogens (tertiary/aromatic N) is 3. The van der Waals surface area contributed by atoms with E-state index in [0.29, 0.717) is 37.0 Å². The molecule has 0 saturated carbocycles. The van der Waals surface area contributed by atoms with Gasteiger partial charge in [0.2, 0.25) is 11.8 Å². The predicted octanol–water partition coefficient (Wildman–Crippen LogP) is 2.52. The minimum atomic E-state index is -0.186. The lowest BCUT2D eigenvalue weighted by Crippen LogP contribution is -2.55. The SMILES string of the molecule is C=CC(=O)N1CCN(C(=O)c2nc(-c3ccc(OC)cc3)oc2C)[C@@H](C)C1. The number of hydrogen-bond donors (Lipinski definition) is 0. The fourth-order valence-electron chi connectivity index (χ4n) is 3.18. The Labute approximate surface area is 158 Å². The van der Waals surface area contributed by atoms with Crippen LogP contribution in [0.15, 0.2) is 41.3 Å². The number of aromatic nitrogens is 1. The van der Waals surface area contributed by atoms with Crippen molar-refractivity contribution in [2.75, 3.05) is 26.7 Å². The topological polar surface area (TPSA) is 75.9 Å². The lowest BCUT2D eigenvalue weighted by atomic mass is 10.1. The number of hydrogen-bond acceptors (Lipinski definition) is 5. The second-order valence-electron chi connectivity index (χ2n) is 6.49. The van der Waals surface area contributed by atoms with Crippen LogP contribution in [0.25, 0.3) is 11.5 Å². The maximum atomic E-state index is 13.0. The zero-order chi connectivity index (χ0) is 19.6. The molecule has 7 nitrogen and oxygen atoms in total. The summed E-state index contributed by atoms with van der Waals surface area (Å²) in [5.74, 6) is 1.30. The molecule has 2 aromatic rings. The zero-order valence-corrected chi connectivity index (χ0v) is 15.8. The second kappa shape index (κ2) is 7.65. The van der Waals surface area contributed by atoms with E-state index in [0.717, 1.165) is 11.3 Å². The summed E-state index contributed by atoms with van der Waals surface area (Å²) in [7, 11) is 1.60. The summed E-state index contributed by atoms with van der Waals surface area (Å²) in [6, 6.07) is 7.18. The van der Waals surface area contributed by atoms with Gasteiger partial charge in [-0.3, -0.25) is 9.59 Å². The monoisotopic (exact) mass is 369 g/mol. The molecule has 2 heterocycles. The summed E-state index contributed by atoms with van der Waals surface area (Å²) in [4.78, 5) is 32.6. The van der Waals surface area contributed by atoms with E-state index in [1.54, 1.807) is 23.8 Å². The Hall–Kier alpha value is -3.09. The first-order chi connectivity index (χ1) is 12.9. The maximum Gasteiger partial charge on any atom is 0.276 e. The lowest BCUT2D eigenvalue weighted by molar-refractivity contribution is -0.128. The largest absolute Gasteiger partial charge is 0.497 e. The van der Waals surface area contributed by atoms with Gasteiger partial charge in [0, 0.05) is 31.2 Å². The number of benzene rings is 1. The van der Waals surface area contributed by atoms with Crippen molar-refractivity contribution < 1.29 is 18.7 Å². The van der Waals surface area contributed by atoms with Gasteiger partial charge in [-0.1, -0.05) is 6.58 Å². The highest BCUT2D eigenvalue weighted by Gasteiger charge is 2.32. The van der Waals surface area contributed by atoms with Crippen LogP contribution >= 0.6 is 0 Å². The number of methoxy groups -OCH3 is 1. The van der Waals surface area contributed by atoms with Crippen LogP contribution in [0.1, 0.15) is 23.2 Å². The first-order valence-corrected chi connectivity index (χ1v) is 8.78. The minimum absolute atomic E-state index is 0.115. The molecular weight excluding hydrogens is 346 g/mol. The highest BCUT2D eigenvalue weighted by Crippen LogP contribution is 2.25. The van der Waals surface area contributed by atoms with Crippen molar-refractivity contribution in [3.8, 4) is 17.2 Å². The molecule has 142 valence electrons. The summed E-state index contributed by atoms with van der Waals surface area (Å²) in [5.41, 5.74) is 1.07. The number of rotatable bonds is 4. The first-order valence-electron chi connectivity index (χ1n) is 8.78. The van der Waals surface area contributed by atoms with Gasteiger partial charge in [0.25, 0.3) is 5.91 Å². The van der Waals surface area contributed by atoms with E-state index in [1.807, 2.05) is 31.2 Å². The van der Waals surface area contributed by atoms with Crippen molar-refractivity contribution in [2.24, 2.45) is 0 Å². The highest BCUT2D eigenvalue weighted by molar-refractivity contribution is 5.94. The zero-order valence-electron chi connectivity index (χ0n) is 15.8. The van der Waals surface area contributed by atoms with Crippen molar-refractivity contribution in [3.05, 3.63) is 48.4 Å². The van der Waals surface area contributed by atoms with Crippen LogP contribution in [0, 0.1) is 6.92 Å². The molecule has 7 heteroatoms. The Morgan fingerprint density at radius 1 is 1.30 bits per heavy atom. The summed E-state index contributed by atoms with van der Waals surface area (Å²) < 4.78 is 10.9. The average molecular weight is 369 g/mol. The third kappa shape index (κ3) is 3.72. The quantitative estimate of drug-likeness (QED) is 0.774. The van der Waals surface area contributed by atoms with E-state index in [1.165, 1.54) is 6.08 Å². The Kier molecular flexibility index (Phi) is 5.30. The van der Waals surface area contributed by atoms with E-state index in [4.69, 9.17) is 9.15 Å². The fourth-order valence-corrected chi connectivity index (χ4v) is 3.18. The summed E-state index contributed by atoms with van der Waals surface area (Å²) in [6.07, 6.45) is 1.30. The van der Waals surface area contributed by atoms with Gasteiger partial charge in [-0.15, -0.1) is 0 Å². The molecule has 1 aromatic carbocycles. The Balaban J connectivity index is 1.78. The van der Waals surface area contributed by atoms with E-state index in [-0.39, 0.29) is 17.9 Å². The molecule has 1 aliphatic heterocycles. The van der Waals surface area contributed by atoms with Crippen LogP contribution in [0.3, 0.4) is 0 Å². The van der Waals surface area contributed by atoms with Gasteiger partial charge in [0.1, 0.15) is 11.5 Å². The predicted molar refractivity (Wildman–Crippen MR) is 101 cm³/mol. The van der Waals surface area contributed by atoms with E-state index in [2.05, 4.69) is 11.6 Å². The molecule has 1 aliphatic rings. The van der Waals surface area contributed by atoms with Gasteiger partial charge in [0.15, 0.2) is 5.69 Å². The molecule has 1 aromatic heterocycles. The molecule has 0 aliphatic carbocycles. The van der Waals surface area contributed by atoms with E-state index in [9.17, 15) is 9.59 Å². The number of ether oxygens (including phenoxy) is 1. The standard InChI is InChI=1S/C20H23N3O4/c1-5-17(24)22-10-11-23(13(2)12-22)20(25)18-14(3)27-19(21-18)15-6-8-16(26-4)9-7-15/h5-9,13H,1,10-12H2,2-4H3/t13-/m0/s1. The van der Waals surface area contributed by atoms with Gasteiger partial charge in [-0.05, 0) is 44.2 Å². The Morgan fingerprint density at radius 3 is 2.59 bits per heavy atom. The van der Waals surface area contributed by atoms with Gasteiger partial charge >= 0.3 is 0 Å². The maximum absolute atomic E-state index is 13.0. The highest BCUT2D eigenvalue weighted by atomic mass is 16.5. The first kappa shape index (κ1) is 18.7. The Morgan fingerprint density at radius 2 is 2.00 bits per heavy atom. The molecule has 0 radical (unpaired) electrons. The van der Waals surface area contributed by atoms with Crippen molar-refractivity contribution in [1.29, 1.82) is 0 Å². The molecule has 27 heavy (non-hydrogen) atoms. The van der Waals surface area contributed by atoms with Crippen LogP contribution in [0.5, 0.6) is 5.75 Å². The number of piperazine rings is 1. The minimum Gasteiger partial charge on any atom is -0.497 e.